The standard InChI is InChI=1S/C19H21FN4O2/c1-26-19(25)14-8-9-21-11-16(14)22-18-15-10-12(20)6-7-17(15)24(23-18)13-4-2-3-5-13/h6-11,13,18,22-23H,2-5H2,1H3. The first-order chi connectivity index (χ1) is 12.7. The highest BCUT2D eigenvalue weighted by Gasteiger charge is 2.34. The average molecular weight is 356 g/mol. The van der Waals surface area contributed by atoms with Crippen molar-refractivity contribution in [3.63, 3.8) is 0 Å². The SMILES string of the molecule is COC(=O)c1ccncc1NC1NN(C2CCCC2)c2ccc(F)cc21. The van der Waals surface area contributed by atoms with Crippen LogP contribution >= 0.6 is 0 Å². The number of hydrazine groups is 1. The number of hydrogen-bond donors (Lipinski definition) is 2. The molecule has 1 atom stereocenters. The van der Waals surface area contributed by atoms with Gasteiger partial charge in [-0.1, -0.05) is 12.8 Å². The van der Waals surface area contributed by atoms with Crippen LogP contribution in [0, 0.1) is 5.82 Å². The van der Waals surface area contributed by atoms with Crippen LogP contribution in [0.25, 0.3) is 0 Å². The van der Waals surface area contributed by atoms with Crippen molar-refractivity contribution in [2.75, 3.05) is 17.4 Å². The Labute approximate surface area is 151 Å². The molecular formula is C19H21FN4O2. The number of pyridine rings is 1. The Balaban J connectivity index is 1.66. The molecule has 1 fully saturated rings. The van der Waals surface area contributed by atoms with Crippen molar-refractivity contribution in [2.45, 2.75) is 37.9 Å². The number of esters is 1. The lowest BCUT2D eigenvalue weighted by molar-refractivity contribution is 0.0601. The number of fused-ring (bicyclic) bond motifs is 1. The second-order valence-corrected chi connectivity index (χ2v) is 6.63. The Morgan fingerprint density at radius 3 is 2.92 bits per heavy atom. The monoisotopic (exact) mass is 356 g/mol. The van der Waals surface area contributed by atoms with Gasteiger partial charge in [0.15, 0.2) is 0 Å². The van der Waals surface area contributed by atoms with Crippen LogP contribution in [-0.2, 0) is 4.74 Å². The van der Waals surface area contributed by atoms with Crippen LogP contribution in [0.4, 0.5) is 15.8 Å². The van der Waals surface area contributed by atoms with Gasteiger partial charge in [0.1, 0.15) is 12.0 Å². The van der Waals surface area contributed by atoms with Gasteiger partial charge in [0, 0.05) is 17.8 Å². The lowest BCUT2D eigenvalue weighted by Crippen LogP contribution is -2.43. The highest BCUT2D eigenvalue weighted by atomic mass is 19.1. The van der Waals surface area contributed by atoms with Crippen LogP contribution < -0.4 is 15.8 Å². The van der Waals surface area contributed by atoms with E-state index in [2.05, 4.69) is 20.7 Å². The summed E-state index contributed by atoms with van der Waals surface area (Å²) in [6.07, 6.45) is 7.38. The molecule has 7 heteroatoms. The molecule has 1 unspecified atom stereocenters. The topological polar surface area (TPSA) is 66.5 Å². The number of ether oxygens (including phenoxy) is 1. The van der Waals surface area contributed by atoms with E-state index >= 15 is 0 Å². The average Bonchev–Trinajstić information content (AvgIpc) is 3.30. The minimum atomic E-state index is -0.444. The van der Waals surface area contributed by atoms with Crippen molar-refractivity contribution in [2.24, 2.45) is 0 Å². The van der Waals surface area contributed by atoms with Crippen molar-refractivity contribution in [3.05, 3.63) is 53.6 Å². The maximum absolute atomic E-state index is 13.9. The summed E-state index contributed by atoms with van der Waals surface area (Å²) in [5, 5.41) is 5.41. The van der Waals surface area contributed by atoms with Gasteiger partial charge in [-0.2, -0.15) is 0 Å². The number of benzene rings is 1. The van der Waals surface area contributed by atoms with Crippen LogP contribution in [0.5, 0.6) is 0 Å². The maximum atomic E-state index is 13.9. The highest BCUT2D eigenvalue weighted by molar-refractivity contribution is 5.95. The van der Waals surface area contributed by atoms with E-state index in [0.29, 0.717) is 17.3 Å². The van der Waals surface area contributed by atoms with E-state index in [1.54, 1.807) is 12.3 Å². The molecule has 6 nitrogen and oxygen atoms in total. The zero-order valence-corrected chi connectivity index (χ0v) is 14.5. The first-order valence-electron chi connectivity index (χ1n) is 8.81. The number of nitrogens with zero attached hydrogens (tertiary/aromatic N) is 2. The molecule has 2 heterocycles. The number of carbonyl (C=O) groups excluding carboxylic acids is 1. The lowest BCUT2D eigenvalue weighted by Gasteiger charge is -2.28. The third-order valence-corrected chi connectivity index (χ3v) is 5.04. The fourth-order valence-electron chi connectivity index (χ4n) is 3.78. The summed E-state index contributed by atoms with van der Waals surface area (Å²) in [4.78, 5) is 16.1. The van der Waals surface area contributed by atoms with E-state index in [0.717, 1.165) is 24.1 Å². The largest absolute Gasteiger partial charge is 0.465 e. The summed E-state index contributed by atoms with van der Waals surface area (Å²) < 4.78 is 18.7. The Bertz CT molecular complexity index is 823. The number of halogens is 1. The van der Waals surface area contributed by atoms with Gasteiger partial charge in [0.05, 0.1) is 30.2 Å². The summed E-state index contributed by atoms with van der Waals surface area (Å²) in [6, 6.07) is 6.81. The first kappa shape index (κ1) is 16.8. The molecule has 0 spiro atoms. The number of anilines is 2. The fraction of sp³-hybridized carbons (Fsp3) is 0.368. The molecule has 0 amide bonds. The smallest absolute Gasteiger partial charge is 0.340 e. The quantitative estimate of drug-likeness (QED) is 0.819. The number of nitrogens with one attached hydrogen (secondary N) is 2. The van der Waals surface area contributed by atoms with Crippen molar-refractivity contribution < 1.29 is 13.9 Å². The third kappa shape index (κ3) is 2.99. The zero-order chi connectivity index (χ0) is 18.1. The molecule has 1 aromatic carbocycles. The minimum absolute atomic E-state index is 0.287. The lowest BCUT2D eigenvalue weighted by atomic mass is 10.1. The van der Waals surface area contributed by atoms with Gasteiger partial charge in [0.2, 0.25) is 0 Å². The normalized spacial score (nSPS) is 19.5. The molecule has 1 aliphatic heterocycles. The Morgan fingerprint density at radius 2 is 2.15 bits per heavy atom. The van der Waals surface area contributed by atoms with E-state index in [9.17, 15) is 9.18 Å². The third-order valence-electron chi connectivity index (χ3n) is 5.04. The van der Waals surface area contributed by atoms with Gasteiger partial charge >= 0.3 is 5.97 Å². The minimum Gasteiger partial charge on any atom is -0.465 e. The molecule has 0 radical (unpaired) electrons. The van der Waals surface area contributed by atoms with E-state index in [1.807, 2.05) is 6.07 Å². The second kappa shape index (κ2) is 6.92. The molecule has 26 heavy (non-hydrogen) atoms. The Morgan fingerprint density at radius 1 is 1.35 bits per heavy atom. The number of aromatic nitrogens is 1. The number of carbonyl (C=O) groups is 1. The number of hydrogen-bond acceptors (Lipinski definition) is 6. The van der Waals surface area contributed by atoms with E-state index in [1.165, 1.54) is 38.3 Å². The van der Waals surface area contributed by atoms with Gasteiger partial charge in [-0.05, 0) is 37.1 Å². The van der Waals surface area contributed by atoms with Gasteiger partial charge in [0.25, 0.3) is 0 Å². The summed E-state index contributed by atoms with van der Waals surface area (Å²) >= 11 is 0. The molecule has 0 saturated heterocycles. The molecule has 2 N–H and O–H groups in total. The molecule has 1 aliphatic carbocycles. The van der Waals surface area contributed by atoms with Crippen LogP contribution in [0.2, 0.25) is 0 Å². The van der Waals surface area contributed by atoms with Crippen molar-refractivity contribution in [1.82, 2.24) is 10.4 Å². The number of rotatable bonds is 4. The Kier molecular flexibility index (Phi) is 4.46. The van der Waals surface area contributed by atoms with Crippen molar-refractivity contribution in [3.8, 4) is 0 Å². The first-order valence-corrected chi connectivity index (χ1v) is 8.81. The van der Waals surface area contributed by atoms with Gasteiger partial charge in [-0.25, -0.2) is 14.6 Å². The second-order valence-electron chi connectivity index (χ2n) is 6.63. The molecule has 2 aliphatic rings. The van der Waals surface area contributed by atoms with Gasteiger partial charge < -0.3 is 15.1 Å². The molecule has 1 aromatic heterocycles. The zero-order valence-electron chi connectivity index (χ0n) is 14.5. The van der Waals surface area contributed by atoms with E-state index in [-0.39, 0.29) is 12.0 Å². The number of methoxy groups -OCH3 is 1. The summed E-state index contributed by atoms with van der Waals surface area (Å²) in [5.74, 6) is -0.731. The van der Waals surface area contributed by atoms with E-state index in [4.69, 9.17) is 4.74 Å². The summed E-state index contributed by atoms with van der Waals surface area (Å²) in [6.45, 7) is 0. The van der Waals surface area contributed by atoms with Crippen LogP contribution in [-0.4, -0.2) is 24.1 Å². The summed E-state index contributed by atoms with van der Waals surface area (Å²) in [5.41, 5.74) is 6.15. The molecule has 4 rings (SSSR count). The predicted molar refractivity (Wildman–Crippen MR) is 96.2 cm³/mol. The molecular weight excluding hydrogens is 335 g/mol. The molecule has 1 saturated carbocycles. The van der Waals surface area contributed by atoms with Crippen LogP contribution in [0.1, 0.15) is 47.8 Å². The maximum Gasteiger partial charge on any atom is 0.340 e. The van der Waals surface area contributed by atoms with Crippen LogP contribution in [0.3, 0.4) is 0 Å². The fourth-order valence-corrected chi connectivity index (χ4v) is 3.78. The Hall–Kier alpha value is -2.67. The van der Waals surface area contributed by atoms with Crippen molar-refractivity contribution >= 4 is 17.3 Å². The molecule has 2 aromatic rings. The molecule has 136 valence electrons. The predicted octanol–water partition coefficient (Wildman–Crippen LogP) is 3.39. The van der Waals surface area contributed by atoms with Crippen molar-refractivity contribution in [1.29, 1.82) is 0 Å². The van der Waals surface area contributed by atoms with E-state index < -0.39 is 5.97 Å². The summed E-state index contributed by atoms with van der Waals surface area (Å²) in [7, 11) is 1.34. The van der Waals surface area contributed by atoms with Crippen LogP contribution in [0.15, 0.2) is 36.7 Å². The van der Waals surface area contributed by atoms with Gasteiger partial charge in [-0.3, -0.25) is 4.98 Å². The molecule has 0 bridgehead atoms. The highest BCUT2D eigenvalue weighted by Crippen LogP contribution is 2.38. The van der Waals surface area contributed by atoms with Gasteiger partial charge in [-0.15, -0.1) is 0 Å².